The summed E-state index contributed by atoms with van der Waals surface area (Å²) in [5.74, 6) is -2.25. The molecule has 2 aromatic carbocycles. The Morgan fingerprint density at radius 3 is 2.66 bits per heavy atom. The average molecular weight is 436 g/mol. The van der Waals surface area contributed by atoms with E-state index in [4.69, 9.17) is 23.2 Å². The molecule has 4 rings (SSSR count). The molecule has 0 aromatic heterocycles. The number of anilines is 2. The van der Waals surface area contributed by atoms with Crippen molar-refractivity contribution in [2.45, 2.75) is 12.1 Å². The number of imide groups is 1. The molecule has 0 radical (unpaired) electrons. The monoisotopic (exact) mass is 435 g/mol. The van der Waals surface area contributed by atoms with Crippen LogP contribution in [0.3, 0.4) is 0 Å². The Balaban J connectivity index is 1.51. The van der Waals surface area contributed by atoms with Gasteiger partial charge in [-0.05, 0) is 36.4 Å². The fourth-order valence-electron chi connectivity index (χ4n) is 3.17. The zero-order valence-electron chi connectivity index (χ0n) is 14.6. The van der Waals surface area contributed by atoms with Gasteiger partial charge in [0.15, 0.2) is 12.1 Å². The molecule has 2 aliphatic heterocycles. The van der Waals surface area contributed by atoms with Crippen LogP contribution in [-0.2, 0) is 14.4 Å². The molecular weight excluding hydrogens is 424 g/mol. The molecule has 2 heterocycles. The molecule has 0 bridgehead atoms. The van der Waals surface area contributed by atoms with E-state index in [1.807, 2.05) is 0 Å². The first-order valence-corrected chi connectivity index (χ1v) is 9.16. The molecule has 148 valence electrons. The molecule has 1 fully saturated rings. The number of amides is 3. The summed E-state index contributed by atoms with van der Waals surface area (Å²) in [7, 11) is 0. The van der Waals surface area contributed by atoms with Gasteiger partial charge in [-0.3, -0.25) is 19.4 Å². The second-order valence-corrected chi connectivity index (χ2v) is 7.20. The molecular formula is C18H12Cl2FN5O3. The zero-order chi connectivity index (χ0) is 20.7. The molecule has 1 saturated heterocycles. The molecule has 0 unspecified atom stereocenters. The van der Waals surface area contributed by atoms with Gasteiger partial charge in [0.1, 0.15) is 12.4 Å². The molecule has 3 amide bonds. The van der Waals surface area contributed by atoms with Gasteiger partial charge in [0.25, 0.3) is 11.8 Å². The van der Waals surface area contributed by atoms with Gasteiger partial charge in [0.05, 0.1) is 10.7 Å². The Bertz CT molecular complexity index is 1060. The van der Waals surface area contributed by atoms with Crippen molar-refractivity contribution in [1.82, 2.24) is 5.01 Å². The number of hydrogen-bond donors (Lipinski definition) is 1. The molecule has 0 aliphatic carbocycles. The van der Waals surface area contributed by atoms with Crippen LogP contribution in [0.25, 0.3) is 0 Å². The van der Waals surface area contributed by atoms with Crippen molar-refractivity contribution in [3.63, 3.8) is 0 Å². The molecule has 8 nitrogen and oxygen atoms in total. The van der Waals surface area contributed by atoms with Crippen molar-refractivity contribution in [3.05, 3.63) is 58.3 Å². The topological polar surface area (TPSA) is 94.4 Å². The van der Waals surface area contributed by atoms with Crippen LogP contribution >= 0.6 is 23.2 Å². The van der Waals surface area contributed by atoms with Crippen LogP contribution < -0.4 is 10.2 Å². The standard InChI is InChI=1S/C18H12Cl2FN5O3/c19-9-4-5-13(12(20)6-9)26-17(28)15-16(18(26)29)25(24-23-15)8-14(27)22-11-3-1-2-10(21)7-11/h1-7,15-16H,8H2,(H,22,27)/t15-,16+/m0/s1. The fraction of sp³-hybridized carbons (Fsp3) is 0.167. The number of carbonyl (C=O) groups is 3. The third-order valence-corrected chi connectivity index (χ3v) is 4.96. The number of hydrogen-bond acceptors (Lipinski definition) is 6. The first-order chi connectivity index (χ1) is 13.8. The van der Waals surface area contributed by atoms with Crippen molar-refractivity contribution in [2.75, 3.05) is 16.8 Å². The van der Waals surface area contributed by atoms with Gasteiger partial charge in [-0.15, -0.1) is 0 Å². The summed E-state index contributed by atoms with van der Waals surface area (Å²) in [5, 5.41) is 11.7. The van der Waals surface area contributed by atoms with Gasteiger partial charge in [-0.1, -0.05) is 34.5 Å². The number of nitrogens with one attached hydrogen (secondary N) is 1. The Hall–Kier alpha value is -3.04. The van der Waals surface area contributed by atoms with Crippen LogP contribution in [0, 0.1) is 5.82 Å². The highest BCUT2D eigenvalue weighted by molar-refractivity contribution is 6.38. The molecule has 2 atom stereocenters. The smallest absolute Gasteiger partial charge is 0.263 e. The van der Waals surface area contributed by atoms with E-state index in [2.05, 4.69) is 15.7 Å². The molecule has 11 heteroatoms. The van der Waals surface area contributed by atoms with Gasteiger partial charge < -0.3 is 5.32 Å². The summed E-state index contributed by atoms with van der Waals surface area (Å²) in [5.41, 5.74) is 0.436. The quantitative estimate of drug-likeness (QED) is 0.746. The van der Waals surface area contributed by atoms with Gasteiger partial charge >= 0.3 is 0 Å². The summed E-state index contributed by atoms with van der Waals surface area (Å²) in [6.45, 7) is -0.345. The third-order valence-electron chi connectivity index (χ3n) is 4.42. The minimum Gasteiger partial charge on any atom is -0.324 e. The molecule has 2 aromatic rings. The van der Waals surface area contributed by atoms with Crippen LogP contribution in [0.2, 0.25) is 10.0 Å². The minimum atomic E-state index is -1.07. The summed E-state index contributed by atoms with van der Waals surface area (Å²) in [6.07, 6.45) is 0. The van der Waals surface area contributed by atoms with E-state index in [1.165, 1.54) is 36.4 Å². The second-order valence-electron chi connectivity index (χ2n) is 6.36. The lowest BCUT2D eigenvalue weighted by molar-refractivity contribution is -0.123. The first kappa shape index (κ1) is 19.3. The highest BCUT2D eigenvalue weighted by atomic mass is 35.5. The molecule has 29 heavy (non-hydrogen) atoms. The van der Waals surface area contributed by atoms with Crippen molar-refractivity contribution in [3.8, 4) is 0 Å². The first-order valence-electron chi connectivity index (χ1n) is 8.41. The number of halogens is 3. The summed E-state index contributed by atoms with van der Waals surface area (Å²) in [6, 6.07) is 7.60. The van der Waals surface area contributed by atoms with E-state index in [9.17, 15) is 18.8 Å². The molecule has 0 saturated carbocycles. The van der Waals surface area contributed by atoms with Gasteiger partial charge in [-0.25, -0.2) is 9.29 Å². The van der Waals surface area contributed by atoms with Gasteiger partial charge in [-0.2, -0.15) is 5.11 Å². The Labute approximate surface area is 173 Å². The minimum absolute atomic E-state index is 0.131. The SMILES string of the molecule is O=C(CN1N=N[C@@H]2C(=O)N(c3ccc(Cl)cc3Cl)C(=O)[C@@H]21)Nc1cccc(F)c1. The molecule has 0 spiro atoms. The largest absolute Gasteiger partial charge is 0.324 e. The van der Waals surface area contributed by atoms with E-state index in [1.54, 1.807) is 0 Å². The summed E-state index contributed by atoms with van der Waals surface area (Å²) in [4.78, 5) is 38.8. The normalized spacial score (nSPS) is 20.4. The lowest BCUT2D eigenvalue weighted by atomic mass is 10.1. The van der Waals surface area contributed by atoms with E-state index in [-0.39, 0.29) is 22.9 Å². The third kappa shape index (κ3) is 3.54. The van der Waals surface area contributed by atoms with Crippen molar-refractivity contribution in [2.24, 2.45) is 10.3 Å². The zero-order valence-corrected chi connectivity index (χ0v) is 16.1. The van der Waals surface area contributed by atoms with Crippen molar-refractivity contribution < 1.29 is 18.8 Å². The van der Waals surface area contributed by atoms with E-state index in [0.29, 0.717) is 5.02 Å². The highest BCUT2D eigenvalue weighted by Crippen LogP contribution is 2.36. The number of fused-ring (bicyclic) bond motifs is 1. The fourth-order valence-corrected chi connectivity index (χ4v) is 3.66. The number of rotatable bonds is 4. The highest BCUT2D eigenvalue weighted by Gasteiger charge is 2.55. The van der Waals surface area contributed by atoms with Crippen LogP contribution in [0.4, 0.5) is 15.8 Å². The van der Waals surface area contributed by atoms with E-state index >= 15 is 0 Å². The Morgan fingerprint density at radius 2 is 1.93 bits per heavy atom. The predicted octanol–water partition coefficient (Wildman–Crippen LogP) is 3.06. The lowest BCUT2D eigenvalue weighted by Crippen LogP contribution is -2.43. The van der Waals surface area contributed by atoms with Crippen LogP contribution in [0.15, 0.2) is 52.8 Å². The lowest BCUT2D eigenvalue weighted by Gasteiger charge is -2.20. The average Bonchev–Trinajstić information content (AvgIpc) is 3.16. The van der Waals surface area contributed by atoms with Gasteiger partial charge in [0, 0.05) is 10.7 Å². The van der Waals surface area contributed by atoms with E-state index in [0.717, 1.165) is 16.0 Å². The van der Waals surface area contributed by atoms with E-state index < -0.39 is 35.6 Å². The van der Waals surface area contributed by atoms with Gasteiger partial charge in [0.2, 0.25) is 5.91 Å². The number of nitrogens with zero attached hydrogens (tertiary/aromatic N) is 4. The summed E-state index contributed by atoms with van der Waals surface area (Å²) >= 11 is 12.0. The second kappa shape index (κ2) is 7.41. The predicted molar refractivity (Wildman–Crippen MR) is 103 cm³/mol. The van der Waals surface area contributed by atoms with Crippen LogP contribution in [0.5, 0.6) is 0 Å². The maximum atomic E-state index is 13.3. The van der Waals surface area contributed by atoms with Crippen LogP contribution in [-0.4, -0.2) is 41.4 Å². The number of benzene rings is 2. The number of carbonyl (C=O) groups excluding carboxylic acids is 3. The Morgan fingerprint density at radius 1 is 1.14 bits per heavy atom. The summed E-state index contributed by atoms with van der Waals surface area (Å²) < 4.78 is 13.3. The maximum absolute atomic E-state index is 13.3. The van der Waals surface area contributed by atoms with Crippen LogP contribution in [0.1, 0.15) is 0 Å². The molecule has 1 N–H and O–H groups in total. The van der Waals surface area contributed by atoms with Crippen molar-refractivity contribution in [1.29, 1.82) is 0 Å². The Kier molecular flexibility index (Phi) is 4.93. The van der Waals surface area contributed by atoms with Crippen molar-refractivity contribution >= 4 is 52.3 Å². The maximum Gasteiger partial charge on any atom is 0.263 e. The molecule has 2 aliphatic rings.